The molecule has 2 aromatic rings. The van der Waals surface area contributed by atoms with Gasteiger partial charge in [-0.25, -0.2) is 4.99 Å². The third-order valence-electron chi connectivity index (χ3n) is 3.24. The molecule has 2 aromatic carbocycles. The highest BCUT2D eigenvalue weighted by molar-refractivity contribution is 9.10. The van der Waals surface area contributed by atoms with Gasteiger partial charge in [-0.1, -0.05) is 52.0 Å². The Hall–Kier alpha value is -2.12. The molecule has 1 fully saturated rings. The summed E-state index contributed by atoms with van der Waals surface area (Å²) in [5.41, 5.74) is 1.45. The minimum atomic E-state index is -0.473. The molecule has 1 atom stereocenters. The summed E-state index contributed by atoms with van der Waals surface area (Å²) in [6.45, 7) is 0. The number of nitrogens with zero attached hydrogens (tertiary/aromatic N) is 1. The number of para-hydroxylation sites is 1. The second-order valence-electron chi connectivity index (χ2n) is 5.11. The van der Waals surface area contributed by atoms with Crippen molar-refractivity contribution in [3.05, 3.63) is 59.1 Å². The predicted octanol–water partition coefficient (Wildman–Crippen LogP) is 3.70. The van der Waals surface area contributed by atoms with Gasteiger partial charge < -0.3 is 10.6 Å². The summed E-state index contributed by atoms with van der Waals surface area (Å²) in [4.78, 5) is 28.5. The Balaban J connectivity index is 1.60. The van der Waals surface area contributed by atoms with Gasteiger partial charge in [0.1, 0.15) is 5.25 Å². The van der Waals surface area contributed by atoms with Gasteiger partial charge in [-0.3, -0.25) is 9.59 Å². The molecule has 122 valence electrons. The normalized spacial score (nSPS) is 18.5. The number of aliphatic imine (C=N–C) groups is 1. The van der Waals surface area contributed by atoms with Crippen LogP contribution < -0.4 is 10.6 Å². The first kappa shape index (κ1) is 16.7. The third-order valence-corrected chi connectivity index (χ3v) is 4.82. The van der Waals surface area contributed by atoms with Crippen molar-refractivity contribution in [3.8, 4) is 0 Å². The van der Waals surface area contributed by atoms with Crippen LogP contribution in [0.2, 0.25) is 0 Å². The van der Waals surface area contributed by atoms with Gasteiger partial charge in [0.25, 0.3) is 0 Å². The Morgan fingerprint density at radius 1 is 1.21 bits per heavy atom. The minimum absolute atomic E-state index is 0.0941. The van der Waals surface area contributed by atoms with Crippen LogP contribution >= 0.6 is 27.7 Å². The Morgan fingerprint density at radius 2 is 2.00 bits per heavy atom. The number of rotatable bonds is 4. The molecule has 0 aromatic heterocycles. The average Bonchev–Trinajstić information content (AvgIpc) is 2.87. The molecule has 1 saturated heterocycles. The molecule has 1 aliphatic rings. The molecule has 24 heavy (non-hydrogen) atoms. The monoisotopic (exact) mass is 403 g/mol. The van der Waals surface area contributed by atoms with Gasteiger partial charge >= 0.3 is 0 Å². The van der Waals surface area contributed by atoms with Gasteiger partial charge in [0.05, 0.1) is 5.69 Å². The molecule has 0 bridgehead atoms. The zero-order valence-corrected chi connectivity index (χ0v) is 14.9. The molecule has 1 heterocycles. The molecule has 0 aliphatic carbocycles. The molecule has 2 N–H and O–H groups in total. The van der Waals surface area contributed by atoms with Gasteiger partial charge in [-0.05, 0) is 30.3 Å². The smallest absolute Gasteiger partial charge is 0.240 e. The lowest BCUT2D eigenvalue weighted by atomic mass is 10.2. The minimum Gasteiger partial charge on any atom is -0.326 e. The average molecular weight is 404 g/mol. The number of amides is 2. The standard InChI is InChI=1S/C17H14BrN3O2S/c18-11-5-4-8-13(9-11)19-15(22)10-14-16(23)21-17(24-14)20-12-6-2-1-3-7-12/h1-9,14H,10H2,(H,19,22)(H,20,21,23). The first-order valence-electron chi connectivity index (χ1n) is 7.27. The molecule has 7 heteroatoms. The van der Waals surface area contributed by atoms with Crippen LogP contribution in [0.5, 0.6) is 0 Å². The number of nitrogens with one attached hydrogen (secondary N) is 2. The molecule has 0 radical (unpaired) electrons. The second kappa shape index (κ2) is 7.63. The second-order valence-corrected chi connectivity index (χ2v) is 7.22. The number of hydrogen-bond donors (Lipinski definition) is 2. The maximum absolute atomic E-state index is 12.1. The van der Waals surface area contributed by atoms with Crippen LogP contribution in [0.3, 0.4) is 0 Å². The molecular weight excluding hydrogens is 390 g/mol. The summed E-state index contributed by atoms with van der Waals surface area (Å²) in [6.07, 6.45) is 0.0941. The van der Waals surface area contributed by atoms with Crippen molar-refractivity contribution in [2.24, 2.45) is 4.99 Å². The van der Waals surface area contributed by atoms with Crippen LogP contribution in [0.25, 0.3) is 0 Å². The van der Waals surface area contributed by atoms with E-state index in [9.17, 15) is 9.59 Å². The Bertz CT molecular complexity index is 795. The Kier molecular flexibility index (Phi) is 5.32. The summed E-state index contributed by atoms with van der Waals surface area (Å²) < 4.78 is 0.880. The van der Waals surface area contributed by atoms with Crippen LogP contribution in [0.15, 0.2) is 64.1 Å². The van der Waals surface area contributed by atoms with Gasteiger partial charge in [0, 0.05) is 16.6 Å². The van der Waals surface area contributed by atoms with E-state index in [1.54, 1.807) is 6.07 Å². The summed E-state index contributed by atoms with van der Waals surface area (Å²) in [5.74, 6) is -0.402. The molecule has 3 rings (SSSR count). The molecule has 1 aliphatic heterocycles. The van der Waals surface area contributed by atoms with Crippen molar-refractivity contribution in [1.82, 2.24) is 5.32 Å². The van der Waals surface area contributed by atoms with E-state index in [4.69, 9.17) is 0 Å². The fourth-order valence-electron chi connectivity index (χ4n) is 2.16. The summed E-state index contributed by atoms with van der Waals surface area (Å²) in [5, 5.41) is 5.56. The summed E-state index contributed by atoms with van der Waals surface area (Å²) in [6, 6.07) is 16.7. The number of anilines is 1. The lowest BCUT2D eigenvalue weighted by Crippen LogP contribution is -2.28. The summed E-state index contributed by atoms with van der Waals surface area (Å²) in [7, 11) is 0. The van der Waals surface area contributed by atoms with Crippen molar-refractivity contribution in [3.63, 3.8) is 0 Å². The van der Waals surface area contributed by atoms with Crippen LogP contribution in [0.1, 0.15) is 6.42 Å². The fraction of sp³-hybridized carbons (Fsp3) is 0.118. The van der Waals surface area contributed by atoms with Crippen LogP contribution in [0, 0.1) is 0 Å². The van der Waals surface area contributed by atoms with Gasteiger partial charge in [0.2, 0.25) is 11.8 Å². The lowest BCUT2D eigenvalue weighted by molar-refractivity contribution is -0.122. The molecular formula is C17H14BrN3O2S. The maximum Gasteiger partial charge on any atom is 0.240 e. The zero-order valence-electron chi connectivity index (χ0n) is 12.5. The third kappa shape index (κ3) is 4.46. The summed E-state index contributed by atoms with van der Waals surface area (Å²) >= 11 is 4.63. The van der Waals surface area contributed by atoms with E-state index in [0.717, 1.165) is 10.2 Å². The van der Waals surface area contributed by atoms with Crippen LogP contribution in [-0.4, -0.2) is 22.2 Å². The predicted molar refractivity (Wildman–Crippen MR) is 100 cm³/mol. The largest absolute Gasteiger partial charge is 0.326 e. The topological polar surface area (TPSA) is 70.6 Å². The van der Waals surface area contributed by atoms with E-state index in [-0.39, 0.29) is 18.2 Å². The van der Waals surface area contributed by atoms with Crippen LogP contribution in [-0.2, 0) is 9.59 Å². The van der Waals surface area contributed by atoms with E-state index in [2.05, 4.69) is 31.6 Å². The fourth-order valence-corrected chi connectivity index (χ4v) is 3.55. The lowest BCUT2D eigenvalue weighted by Gasteiger charge is -2.07. The number of hydrogen-bond acceptors (Lipinski definition) is 4. The van der Waals surface area contributed by atoms with Crippen molar-refractivity contribution in [1.29, 1.82) is 0 Å². The molecule has 2 amide bonds. The number of benzene rings is 2. The van der Waals surface area contributed by atoms with Crippen LogP contribution in [0.4, 0.5) is 11.4 Å². The Morgan fingerprint density at radius 3 is 2.75 bits per heavy atom. The SMILES string of the molecule is O=C(CC1SC(=Nc2ccccc2)NC1=O)Nc1cccc(Br)c1. The number of thioether (sulfide) groups is 1. The van der Waals surface area contributed by atoms with E-state index in [1.165, 1.54) is 11.8 Å². The number of carbonyl (C=O) groups excluding carboxylic acids is 2. The van der Waals surface area contributed by atoms with Crippen molar-refractivity contribution in [2.45, 2.75) is 11.7 Å². The van der Waals surface area contributed by atoms with E-state index < -0.39 is 5.25 Å². The highest BCUT2D eigenvalue weighted by Gasteiger charge is 2.32. The zero-order chi connectivity index (χ0) is 16.9. The van der Waals surface area contributed by atoms with E-state index in [0.29, 0.717) is 10.9 Å². The number of amidine groups is 1. The van der Waals surface area contributed by atoms with Crippen molar-refractivity contribution < 1.29 is 9.59 Å². The quantitative estimate of drug-likeness (QED) is 0.817. The van der Waals surface area contributed by atoms with Gasteiger partial charge in [-0.15, -0.1) is 0 Å². The van der Waals surface area contributed by atoms with E-state index >= 15 is 0 Å². The Labute approximate surface area is 152 Å². The number of halogens is 1. The molecule has 5 nitrogen and oxygen atoms in total. The highest BCUT2D eigenvalue weighted by Crippen LogP contribution is 2.25. The molecule has 1 unspecified atom stereocenters. The van der Waals surface area contributed by atoms with Crippen molar-refractivity contribution >= 4 is 56.0 Å². The highest BCUT2D eigenvalue weighted by atomic mass is 79.9. The van der Waals surface area contributed by atoms with E-state index in [1.807, 2.05) is 48.5 Å². The van der Waals surface area contributed by atoms with Gasteiger partial charge in [-0.2, -0.15) is 0 Å². The first-order valence-corrected chi connectivity index (χ1v) is 8.94. The molecule has 0 saturated carbocycles. The van der Waals surface area contributed by atoms with Crippen molar-refractivity contribution in [2.75, 3.05) is 5.32 Å². The van der Waals surface area contributed by atoms with Gasteiger partial charge in [0.15, 0.2) is 5.17 Å². The number of carbonyl (C=O) groups is 2. The first-order chi connectivity index (χ1) is 11.6. The molecule has 0 spiro atoms. The maximum atomic E-state index is 12.1.